The van der Waals surface area contributed by atoms with Gasteiger partial charge < -0.3 is 9.64 Å². The molecule has 0 amide bonds. The average molecular weight is 275 g/mol. The van der Waals surface area contributed by atoms with Gasteiger partial charge in [-0.05, 0) is 39.2 Å². The van der Waals surface area contributed by atoms with Gasteiger partial charge in [0.05, 0.1) is 12.7 Å². The normalized spacial score (nSPS) is 31.3. The van der Waals surface area contributed by atoms with Gasteiger partial charge in [0.1, 0.15) is 0 Å². The Morgan fingerprint density at radius 3 is 2.83 bits per heavy atom. The molecule has 0 aromatic rings. The number of hydrogen-bond donors (Lipinski definition) is 0. The summed E-state index contributed by atoms with van der Waals surface area (Å²) in [6.45, 7) is 11.2. The maximum absolute atomic E-state index is 5.91. The SMILES string of the molecule is CC(C)N1CCOC(CN2CCC(CCCl)C2)C1. The summed E-state index contributed by atoms with van der Waals surface area (Å²) in [5.74, 6) is 1.62. The second-order valence-corrected chi connectivity index (χ2v) is 6.35. The fraction of sp³-hybridized carbons (Fsp3) is 1.00. The minimum absolute atomic E-state index is 0.399. The van der Waals surface area contributed by atoms with Crippen LogP contribution in [-0.4, -0.2) is 67.2 Å². The number of ether oxygens (including phenoxy) is 1. The van der Waals surface area contributed by atoms with Crippen LogP contribution in [0.15, 0.2) is 0 Å². The average Bonchev–Trinajstić information content (AvgIpc) is 2.77. The topological polar surface area (TPSA) is 15.7 Å². The zero-order chi connectivity index (χ0) is 13.0. The van der Waals surface area contributed by atoms with Crippen LogP contribution in [0.3, 0.4) is 0 Å². The minimum atomic E-state index is 0.399. The van der Waals surface area contributed by atoms with E-state index in [-0.39, 0.29) is 0 Å². The molecule has 0 aromatic heterocycles. The van der Waals surface area contributed by atoms with Gasteiger partial charge >= 0.3 is 0 Å². The molecule has 0 aromatic carbocycles. The van der Waals surface area contributed by atoms with Gasteiger partial charge in [-0.2, -0.15) is 0 Å². The van der Waals surface area contributed by atoms with Gasteiger partial charge in [0.15, 0.2) is 0 Å². The van der Waals surface area contributed by atoms with Crippen molar-refractivity contribution in [1.29, 1.82) is 0 Å². The lowest BCUT2D eigenvalue weighted by Gasteiger charge is -2.37. The first-order chi connectivity index (χ1) is 8.69. The molecule has 2 heterocycles. The van der Waals surface area contributed by atoms with E-state index in [1.165, 1.54) is 25.9 Å². The summed E-state index contributed by atoms with van der Waals surface area (Å²) in [5, 5.41) is 0. The van der Waals surface area contributed by atoms with Crippen molar-refractivity contribution in [2.75, 3.05) is 45.2 Å². The lowest BCUT2D eigenvalue weighted by molar-refractivity contribution is -0.0501. The smallest absolute Gasteiger partial charge is 0.0829 e. The highest BCUT2D eigenvalue weighted by Gasteiger charge is 2.28. The van der Waals surface area contributed by atoms with E-state index >= 15 is 0 Å². The fourth-order valence-corrected chi connectivity index (χ4v) is 3.39. The van der Waals surface area contributed by atoms with E-state index < -0.39 is 0 Å². The molecule has 2 fully saturated rings. The third-order valence-corrected chi connectivity index (χ3v) is 4.47. The number of hydrogen-bond acceptors (Lipinski definition) is 3. The Morgan fingerprint density at radius 2 is 2.11 bits per heavy atom. The first-order valence-electron chi connectivity index (χ1n) is 7.33. The van der Waals surface area contributed by atoms with Crippen molar-refractivity contribution in [1.82, 2.24) is 9.80 Å². The Morgan fingerprint density at radius 1 is 1.28 bits per heavy atom. The number of likely N-dealkylation sites (tertiary alicyclic amines) is 1. The van der Waals surface area contributed by atoms with Crippen LogP contribution in [0, 0.1) is 5.92 Å². The third-order valence-electron chi connectivity index (χ3n) is 4.25. The van der Waals surface area contributed by atoms with Gasteiger partial charge in [0.25, 0.3) is 0 Å². The van der Waals surface area contributed by atoms with E-state index in [0.717, 1.165) is 38.0 Å². The Labute approximate surface area is 116 Å². The lowest BCUT2D eigenvalue weighted by atomic mass is 10.1. The van der Waals surface area contributed by atoms with Crippen LogP contribution in [0.5, 0.6) is 0 Å². The van der Waals surface area contributed by atoms with Crippen molar-refractivity contribution in [2.45, 2.75) is 38.8 Å². The van der Waals surface area contributed by atoms with E-state index in [1.807, 2.05) is 0 Å². The molecule has 3 nitrogen and oxygen atoms in total. The second-order valence-electron chi connectivity index (χ2n) is 5.97. The van der Waals surface area contributed by atoms with Gasteiger partial charge in [-0.15, -0.1) is 11.6 Å². The van der Waals surface area contributed by atoms with Crippen LogP contribution in [-0.2, 0) is 4.74 Å². The molecule has 0 radical (unpaired) electrons. The summed E-state index contributed by atoms with van der Waals surface area (Å²) in [6.07, 6.45) is 2.88. The van der Waals surface area contributed by atoms with Gasteiger partial charge in [-0.25, -0.2) is 0 Å². The Bertz CT molecular complexity index is 250. The number of rotatable bonds is 5. The van der Waals surface area contributed by atoms with Crippen molar-refractivity contribution in [3.8, 4) is 0 Å². The largest absolute Gasteiger partial charge is 0.374 e. The van der Waals surface area contributed by atoms with Crippen LogP contribution in [0.1, 0.15) is 26.7 Å². The maximum Gasteiger partial charge on any atom is 0.0829 e. The summed E-state index contributed by atoms with van der Waals surface area (Å²) in [5.41, 5.74) is 0. The van der Waals surface area contributed by atoms with E-state index in [2.05, 4.69) is 23.6 Å². The molecule has 2 unspecified atom stereocenters. The standard InChI is InChI=1S/C14H27ClN2O/c1-12(2)17-7-8-18-14(11-17)10-16-6-4-13(9-16)3-5-15/h12-14H,3-11H2,1-2H3. The zero-order valence-electron chi connectivity index (χ0n) is 11.8. The molecule has 2 saturated heterocycles. The Balaban J connectivity index is 1.73. The molecule has 0 saturated carbocycles. The van der Waals surface area contributed by atoms with Crippen LogP contribution < -0.4 is 0 Å². The van der Waals surface area contributed by atoms with Gasteiger partial charge in [0, 0.05) is 38.1 Å². The van der Waals surface area contributed by atoms with Crippen LogP contribution in [0.25, 0.3) is 0 Å². The Hall–Kier alpha value is 0.170. The van der Waals surface area contributed by atoms with Gasteiger partial charge in [-0.3, -0.25) is 4.90 Å². The maximum atomic E-state index is 5.91. The van der Waals surface area contributed by atoms with E-state index in [1.54, 1.807) is 0 Å². The van der Waals surface area contributed by atoms with Crippen molar-refractivity contribution in [3.63, 3.8) is 0 Å². The summed E-state index contributed by atoms with van der Waals surface area (Å²) in [7, 11) is 0. The first-order valence-corrected chi connectivity index (χ1v) is 7.86. The van der Waals surface area contributed by atoms with Crippen LogP contribution in [0.4, 0.5) is 0 Å². The molecular weight excluding hydrogens is 248 g/mol. The molecule has 2 rings (SSSR count). The summed E-state index contributed by atoms with van der Waals surface area (Å²) >= 11 is 5.83. The Kier molecular flexibility index (Phi) is 5.74. The fourth-order valence-electron chi connectivity index (χ4n) is 3.08. The monoisotopic (exact) mass is 274 g/mol. The van der Waals surface area contributed by atoms with Crippen molar-refractivity contribution in [2.24, 2.45) is 5.92 Å². The molecule has 0 aliphatic carbocycles. The summed E-state index contributed by atoms with van der Waals surface area (Å²) in [4.78, 5) is 5.09. The molecule has 0 bridgehead atoms. The minimum Gasteiger partial charge on any atom is -0.374 e. The highest BCUT2D eigenvalue weighted by Crippen LogP contribution is 2.21. The zero-order valence-corrected chi connectivity index (χ0v) is 12.5. The molecule has 0 spiro atoms. The van der Waals surface area contributed by atoms with Gasteiger partial charge in [-0.1, -0.05) is 0 Å². The molecule has 2 aliphatic heterocycles. The van der Waals surface area contributed by atoms with E-state index in [0.29, 0.717) is 12.1 Å². The number of morpholine rings is 1. The highest BCUT2D eigenvalue weighted by atomic mass is 35.5. The van der Waals surface area contributed by atoms with E-state index in [4.69, 9.17) is 16.3 Å². The molecule has 106 valence electrons. The highest BCUT2D eigenvalue weighted by molar-refractivity contribution is 6.17. The second kappa shape index (κ2) is 7.09. The van der Waals surface area contributed by atoms with Crippen molar-refractivity contribution < 1.29 is 4.74 Å². The van der Waals surface area contributed by atoms with Crippen molar-refractivity contribution >= 4 is 11.6 Å². The number of halogens is 1. The molecule has 4 heteroatoms. The number of nitrogens with zero attached hydrogens (tertiary/aromatic N) is 2. The molecular formula is C14H27ClN2O. The van der Waals surface area contributed by atoms with Crippen LogP contribution in [0.2, 0.25) is 0 Å². The predicted molar refractivity (Wildman–Crippen MR) is 76.3 cm³/mol. The third kappa shape index (κ3) is 4.09. The molecule has 0 N–H and O–H groups in total. The summed E-state index contributed by atoms with van der Waals surface area (Å²) < 4.78 is 5.91. The van der Waals surface area contributed by atoms with Crippen molar-refractivity contribution in [3.05, 3.63) is 0 Å². The summed E-state index contributed by atoms with van der Waals surface area (Å²) in [6, 6.07) is 0.638. The first kappa shape index (κ1) is 14.6. The van der Waals surface area contributed by atoms with Gasteiger partial charge in [0.2, 0.25) is 0 Å². The van der Waals surface area contributed by atoms with Crippen LogP contribution >= 0.6 is 11.6 Å². The van der Waals surface area contributed by atoms with E-state index in [9.17, 15) is 0 Å². The lowest BCUT2D eigenvalue weighted by Crippen LogP contribution is -2.49. The quantitative estimate of drug-likeness (QED) is 0.714. The molecule has 18 heavy (non-hydrogen) atoms. The molecule has 2 atom stereocenters. The predicted octanol–water partition coefficient (Wildman–Crippen LogP) is 2.05. The number of alkyl halides is 1. The molecule has 2 aliphatic rings.